The summed E-state index contributed by atoms with van der Waals surface area (Å²) in [5.41, 5.74) is 2.88. The highest BCUT2D eigenvalue weighted by Gasteiger charge is 1.96. The lowest BCUT2D eigenvalue weighted by molar-refractivity contribution is 0.621. The number of rotatable bonds is 4. The van der Waals surface area contributed by atoms with E-state index in [9.17, 15) is 4.39 Å². The van der Waals surface area contributed by atoms with Gasteiger partial charge in [0.25, 0.3) is 0 Å². The van der Waals surface area contributed by atoms with Gasteiger partial charge < -0.3 is 5.32 Å². The van der Waals surface area contributed by atoms with Gasteiger partial charge in [-0.25, -0.2) is 14.4 Å². The zero-order valence-corrected chi connectivity index (χ0v) is 8.80. The summed E-state index contributed by atoms with van der Waals surface area (Å²) in [6.07, 6.45) is 2.05. The number of nitrogens with zero attached hydrogens (tertiary/aromatic N) is 2. The second kappa shape index (κ2) is 4.84. The molecular weight excluding hydrogens is 213 g/mol. The summed E-state index contributed by atoms with van der Waals surface area (Å²) < 4.78 is 12.5. The Labute approximate surface area is 91.0 Å². The van der Waals surface area contributed by atoms with Crippen molar-refractivity contribution in [3.8, 4) is 0 Å². The van der Waals surface area contributed by atoms with Crippen LogP contribution in [0.4, 0.5) is 10.2 Å². The van der Waals surface area contributed by atoms with Gasteiger partial charge in [0.1, 0.15) is 11.6 Å². The number of hydrogen-bond donors (Lipinski definition) is 1. The molecule has 2 rings (SSSR count). The fourth-order valence-corrected chi connectivity index (χ4v) is 1.75. The van der Waals surface area contributed by atoms with Crippen LogP contribution >= 0.6 is 11.3 Å². The van der Waals surface area contributed by atoms with E-state index in [2.05, 4.69) is 15.3 Å². The molecule has 1 N–H and O–H groups in total. The van der Waals surface area contributed by atoms with Crippen molar-refractivity contribution < 1.29 is 4.39 Å². The first-order valence-corrected chi connectivity index (χ1v) is 5.51. The zero-order valence-electron chi connectivity index (χ0n) is 7.98. The van der Waals surface area contributed by atoms with Crippen molar-refractivity contribution in [2.45, 2.75) is 6.42 Å². The van der Waals surface area contributed by atoms with Gasteiger partial charge in [-0.2, -0.15) is 0 Å². The van der Waals surface area contributed by atoms with Crippen molar-refractivity contribution in [1.29, 1.82) is 0 Å². The van der Waals surface area contributed by atoms with Crippen molar-refractivity contribution in [2.24, 2.45) is 0 Å². The van der Waals surface area contributed by atoms with Crippen LogP contribution in [0.25, 0.3) is 0 Å². The average Bonchev–Trinajstić information content (AvgIpc) is 2.74. The lowest BCUT2D eigenvalue weighted by atomic mass is 10.3. The largest absolute Gasteiger partial charge is 0.370 e. The Kier molecular flexibility index (Phi) is 3.24. The van der Waals surface area contributed by atoms with Crippen LogP contribution in [-0.4, -0.2) is 16.5 Å². The molecule has 0 fully saturated rings. The first kappa shape index (κ1) is 10.0. The SMILES string of the molecule is Fc1ccc(NCCc2cscn2)nc1. The fraction of sp³-hybridized carbons (Fsp3) is 0.200. The Balaban J connectivity index is 1.81. The molecule has 0 amide bonds. The lowest BCUT2D eigenvalue weighted by Gasteiger charge is -2.03. The molecule has 2 aromatic rings. The monoisotopic (exact) mass is 223 g/mol. The first-order chi connectivity index (χ1) is 7.34. The molecule has 0 unspecified atom stereocenters. The van der Waals surface area contributed by atoms with Crippen molar-refractivity contribution >= 4 is 17.2 Å². The molecule has 0 radical (unpaired) electrons. The van der Waals surface area contributed by atoms with Gasteiger partial charge >= 0.3 is 0 Å². The minimum absolute atomic E-state index is 0.319. The molecule has 0 saturated heterocycles. The number of hydrogen-bond acceptors (Lipinski definition) is 4. The third-order valence-corrected chi connectivity index (χ3v) is 2.53. The highest BCUT2D eigenvalue weighted by molar-refractivity contribution is 7.07. The van der Waals surface area contributed by atoms with E-state index in [1.807, 2.05) is 10.9 Å². The summed E-state index contributed by atoms with van der Waals surface area (Å²) in [6.45, 7) is 0.752. The van der Waals surface area contributed by atoms with Gasteiger partial charge in [0.15, 0.2) is 0 Å². The van der Waals surface area contributed by atoms with E-state index in [1.54, 1.807) is 17.4 Å². The second-order valence-corrected chi connectivity index (χ2v) is 3.74. The van der Waals surface area contributed by atoms with E-state index < -0.39 is 0 Å². The van der Waals surface area contributed by atoms with Crippen LogP contribution in [-0.2, 0) is 6.42 Å². The number of halogens is 1. The second-order valence-electron chi connectivity index (χ2n) is 3.02. The van der Waals surface area contributed by atoms with Crippen LogP contribution in [0.5, 0.6) is 0 Å². The predicted octanol–water partition coefficient (Wildman–Crippen LogP) is 2.33. The molecule has 0 spiro atoms. The summed E-state index contributed by atoms with van der Waals surface area (Å²) in [6, 6.07) is 3.01. The van der Waals surface area contributed by atoms with Crippen molar-refractivity contribution in [2.75, 3.05) is 11.9 Å². The van der Waals surface area contributed by atoms with Crippen LogP contribution in [0.3, 0.4) is 0 Å². The summed E-state index contributed by atoms with van der Waals surface area (Å²) >= 11 is 1.58. The van der Waals surface area contributed by atoms with Crippen LogP contribution in [0.1, 0.15) is 5.69 Å². The van der Waals surface area contributed by atoms with Crippen LogP contribution in [0, 0.1) is 5.82 Å². The van der Waals surface area contributed by atoms with Gasteiger partial charge in [0, 0.05) is 18.3 Å². The molecule has 2 aromatic heterocycles. The molecule has 78 valence electrons. The summed E-state index contributed by atoms with van der Waals surface area (Å²) in [4.78, 5) is 8.05. The van der Waals surface area contributed by atoms with Crippen molar-refractivity contribution in [1.82, 2.24) is 9.97 Å². The molecule has 2 heterocycles. The zero-order chi connectivity index (χ0) is 10.5. The Hall–Kier alpha value is -1.49. The molecular formula is C10H10FN3S. The highest BCUT2D eigenvalue weighted by Crippen LogP contribution is 2.05. The van der Waals surface area contributed by atoms with E-state index in [1.165, 1.54) is 12.3 Å². The molecule has 0 aliphatic rings. The van der Waals surface area contributed by atoms with Gasteiger partial charge in [-0.05, 0) is 12.1 Å². The minimum atomic E-state index is -0.319. The third kappa shape index (κ3) is 2.99. The molecule has 0 atom stereocenters. The lowest BCUT2D eigenvalue weighted by Crippen LogP contribution is -2.06. The van der Waals surface area contributed by atoms with E-state index in [0.29, 0.717) is 5.82 Å². The molecule has 0 aliphatic heterocycles. The quantitative estimate of drug-likeness (QED) is 0.864. The molecule has 3 nitrogen and oxygen atoms in total. The summed E-state index contributed by atoms with van der Waals surface area (Å²) in [7, 11) is 0. The third-order valence-electron chi connectivity index (χ3n) is 1.90. The predicted molar refractivity (Wildman–Crippen MR) is 58.5 cm³/mol. The topological polar surface area (TPSA) is 37.8 Å². The smallest absolute Gasteiger partial charge is 0.141 e. The van der Waals surface area contributed by atoms with E-state index in [0.717, 1.165) is 18.7 Å². The van der Waals surface area contributed by atoms with Crippen molar-refractivity contribution in [3.05, 3.63) is 40.7 Å². The molecule has 0 saturated carbocycles. The minimum Gasteiger partial charge on any atom is -0.370 e. The average molecular weight is 223 g/mol. The van der Waals surface area contributed by atoms with Gasteiger partial charge in [-0.3, -0.25) is 0 Å². The molecule has 0 aromatic carbocycles. The van der Waals surface area contributed by atoms with Gasteiger partial charge in [0.2, 0.25) is 0 Å². The summed E-state index contributed by atoms with van der Waals surface area (Å²) in [5, 5.41) is 5.11. The highest BCUT2D eigenvalue weighted by atomic mass is 32.1. The van der Waals surface area contributed by atoms with Crippen molar-refractivity contribution in [3.63, 3.8) is 0 Å². The van der Waals surface area contributed by atoms with E-state index in [4.69, 9.17) is 0 Å². The normalized spacial score (nSPS) is 10.2. The Bertz CT molecular complexity index is 399. The number of anilines is 1. The molecule has 5 heteroatoms. The van der Waals surface area contributed by atoms with Gasteiger partial charge in [0.05, 0.1) is 17.4 Å². The maximum absolute atomic E-state index is 12.5. The Morgan fingerprint density at radius 1 is 1.33 bits per heavy atom. The van der Waals surface area contributed by atoms with E-state index >= 15 is 0 Å². The number of aromatic nitrogens is 2. The van der Waals surface area contributed by atoms with Crippen LogP contribution in [0.2, 0.25) is 0 Å². The number of nitrogens with one attached hydrogen (secondary N) is 1. The molecule has 0 aliphatic carbocycles. The maximum Gasteiger partial charge on any atom is 0.141 e. The van der Waals surface area contributed by atoms with Crippen LogP contribution < -0.4 is 5.32 Å². The number of thiazole rings is 1. The molecule has 0 bridgehead atoms. The Morgan fingerprint density at radius 3 is 2.93 bits per heavy atom. The maximum atomic E-state index is 12.5. The standard InChI is InChI=1S/C10H10FN3S/c11-8-1-2-10(13-5-8)12-4-3-9-6-15-7-14-9/h1-2,5-7H,3-4H2,(H,12,13). The number of pyridine rings is 1. The van der Waals surface area contributed by atoms with Crippen LogP contribution in [0.15, 0.2) is 29.2 Å². The first-order valence-electron chi connectivity index (χ1n) is 4.57. The Morgan fingerprint density at radius 2 is 2.27 bits per heavy atom. The van der Waals surface area contributed by atoms with Gasteiger partial charge in [-0.15, -0.1) is 11.3 Å². The van der Waals surface area contributed by atoms with E-state index in [-0.39, 0.29) is 5.82 Å². The molecule has 15 heavy (non-hydrogen) atoms. The van der Waals surface area contributed by atoms with Gasteiger partial charge in [-0.1, -0.05) is 0 Å². The summed E-state index contributed by atoms with van der Waals surface area (Å²) in [5.74, 6) is 0.367. The fourth-order valence-electron chi connectivity index (χ4n) is 1.16.